The number of benzene rings is 2. The number of halogens is 1. The van der Waals surface area contributed by atoms with E-state index in [4.69, 9.17) is 0 Å². The first kappa shape index (κ1) is 17.2. The van der Waals surface area contributed by atoms with Crippen molar-refractivity contribution in [2.45, 2.75) is 18.4 Å². The van der Waals surface area contributed by atoms with Crippen LogP contribution < -0.4 is 10.4 Å². The predicted octanol–water partition coefficient (Wildman–Crippen LogP) is 3.62. The van der Waals surface area contributed by atoms with Gasteiger partial charge in [0.25, 0.3) is 0 Å². The van der Waals surface area contributed by atoms with Gasteiger partial charge in [0.15, 0.2) is 0 Å². The van der Waals surface area contributed by atoms with Gasteiger partial charge in [0.05, 0.1) is 11.3 Å². The third-order valence-corrected chi connectivity index (χ3v) is 3.89. The van der Waals surface area contributed by atoms with Gasteiger partial charge in [0.1, 0.15) is 5.82 Å². The van der Waals surface area contributed by atoms with Crippen molar-refractivity contribution >= 4 is 5.69 Å². The van der Waals surface area contributed by atoms with Gasteiger partial charge in [0.2, 0.25) is 0 Å². The second kappa shape index (κ2) is 7.90. The molecule has 0 aliphatic heterocycles. The van der Waals surface area contributed by atoms with E-state index in [1.165, 1.54) is 12.1 Å². The molecule has 1 atom stereocenters. The van der Waals surface area contributed by atoms with Crippen LogP contribution in [0.3, 0.4) is 0 Å². The normalized spacial score (nSPS) is 13.3. The maximum atomic E-state index is 13.1. The molecule has 0 heterocycles. The summed E-state index contributed by atoms with van der Waals surface area (Å²) in [4.78, 5) is 0. The molecule has 122 valence electrons. The zero-order valence-electron chi connectivity index (χ0n) is 13.4. The van der Waals surface area contributed by atoms with Crippen molar-refractivity contribution in [2.24, 2.45) is 0 Å². The number of anilines is 1. The van der Waals surface area contributed by atoms with E-state index in [0.717, 1.165) is 5.69 Å². The van der Waals surface area contributed by atoms with Crippen LogP contribution in [0.25, 0.3) is 0 Å². The second-order valence-corrected chi connectivity index (χ2v) is 5.58. The molecule has 0 amide bonds. The molecule has 23 heavy (non-hydrogen) atoms. The molecule has 1 unspecified atom stereocenters. The van der Waals surface area contributed by atoms with E-state index < -0.39 is 5.60 Å². The van der Waals surface area contributed by atoms with E-state index in [1.807, 2.05) is 42.4 Å². The molecular formula is C19H23FN2O. The van der Waals surface area contributed by atoms with E-state index in [1.54, 1.807) is 18.2 Å². The lowest BCUT2D eigenvalue weighted by Gasteiger charge is -2.29. The van der Waals surface area contributed by atoms with Crippen molar-refractivity contribution in [3.05, 3.63) is 78.6 Å². The summed E-state index contributed by atoms with van der Waals surface area (Å²) in [7, 11) is 1.93. The van der Waals surface area contributed by atoms with Gasteiger partial charge >= 0.3 is 0 Å². The number of rotatable bonds is 8. The molecule has 4 heteroatoms. The van der Waals surface area contributed by atoms with Crippen molar-refractivity contribution in [3.8, 4) is 0 Å². The molecule has 0 aromatic heterocycles. The Morgan fingerprint density at radius 2 is 1.83 bits per heavy atom. The van der Waals surface area contributed by atoms with Crippen LogP contribution in [0.4, 0.5) is 10.1 Å². The summed E-state index contributed by atoms with van der Waals surface area (Å²) in [5.41, 5.74) is 3.94. The molecule has 3 nitrogen and oxygen atoms in total. The summed E-state index contributed by atoms with van der Waals surface area (Å²) in [6, 6.07) is 15.9. The topological polar surface area (TPSA) is 35.5 Å². The molecule has 2 aromatic carbocycles. The molecule has 0 saturated heterocycles. The lowest BCUT2D eigenvalue weighted by molar-refractivity contribution is 0.0307. The van der Waals surface area contributed by atoms with Gasteiger partial charge in [-0.15, -0.1) is 6.58 Å². The lowest BCUT2D eigenvalue weighted by atomic mass is 9.87. The highest BCUT2D eigenvalue weighted by atomic mass is 19.1. The highest BCUT2D eigenvalue weighted by Crippen LogP contribution is 2.29. The predicted molar refractivity (Wildman–Crippen MR) is 92.6 cm³/mol. The van der Waals surface area contributed by atoms with E-state index >= 15 is 0 Å². The fourth-order valence-corrected chi connectivity index (χ4v) is 2.54. The van der Waals surface area contributed by atoms with Gasteiger partial charge < -0.3 is 10.1 Å². The lowest BCUT2D eigenvalue weighted by Crippen LogP contribution is -2.38. The largest absolute Gasteiger partial charge is 0.385 e. The molecule has 2 rings (SSSR count). The maximum absolute atomic E-state index is 13.1. The Morgan fingerprint density at radius 1 is 1.17 bits per heavy atom. The standard InChI is InChI=1S/C19H23FN2O/c1-3-13-19(23,16-9-11-17(20)12-10-16)14-15-21-22(2)18-7-5-4-6-8-18/h3-12,21,23H,1,13-15H2,2H3. The molecule has 2 aromatic rings. The zero-order valence-corrected chi connectivity index (χ0v) is 13.4. The van der Waals surface area contributed by atoms with Gasteiger partial charge in [-0.25, -0.2) is 9.82 Å². The van der Waals surface area contributed by atoms with Crippen LogP contribution in [0.2, 0.25) is 0 Å². The molecule has 0 aliphatic carbocycles. The van der Waals surface area contributed by atoms with Crippen molar-refractivity contribution < 1.29 is 9.50 Å². The fourth-order valence-electron chi connectivity index (χ4n) is 2.54. The summed E-state index contributed by atoms with van der Waals surface area (Å²) >= 11 is 0. The van der Waals surface area contributed by atoms with Crippen molar-refractivity contribution in [3.63, 3.8) is 0 Å². The quantitative estimate of drug-likeness (QED) is 0.577. The molecule has 0 bridgehead atoms. The average molecular weight is 314 g/mol. The van der Waals surface area contributed by atoms with E-state index in [2.05, 4.69) is 12.0 Å². The Bertz CT molecular complexity index is 615. The Balaban J connectivity index is 1.99. The monoisotopic (exact) mass is 314 g/mol. The fraction of sp³-hybridized carbons (Fsp3) is 0.263. The molecule has 0 saturated carbocycles. The van der Waals surface area contributed by atoms with Gasteiger partial charge in [-0.3, -0.25) is 0 Å². The minimum Gasteiger partial charge on any atom is -0.385 e. The van der Waals surface area contributed by atoms with Crippen LogP contribution >= 0.6 is 0 Å². The number of aliphatic hydroxyl groups is 1. The SMILES string of the molecule is C=CCC(O)(CCNN(C)c1ccccc1)c1ccc(F)cc1. The number of hydrogen-bond acceptors (Lipinski definition) is 3. The second-order valence-electron chi connectivity index (χ2n) is 5.58. The van der Waals surface area contributed by atoms with Crippen molar-refractivity contribution in [1.29, 1.82) is 0 Å². The van der Waals surface area contributed by atoms with Gasteiger partial charge in [-0.2, -0.15) is 0 Å². The molecule has 0 fully saturated rings. The first-order valence-corrected chi connectivity index (χ1v) is 7.67. The van der Waals surface area contributed by atoms with Gasteiger partial charge in [-0.05, 0) is 42.7 Å². The van der Waals surface area contributed by atoms with E-state index in [9.17, 15) is 9.50 Å². The van der Waals surface area contributed by atoms with E-state index in [-0.39, 0.29) is 5.82 Å². The minimum absolute atomic E-state index is 0.309. The summed E-state index contributed by atoms with van der Waals surface area (Å²) in [5.74, 6) is -0.309. The van der Waals surface area contributed by atoms with Crippen LogP contribution in [0.5, 0.6) is 0 Å². The number of hydrazine groups is 1. The third-order valence-electron chi connectivity index (χ3n) is 3.89. The van der Waals surface area contributed by atoms with Crippen molar-refractivity contribution in [2.75, 3.05) is 18.6 Å². The average Bonchev–Trinajstić information content (AvgIpc) is 2.56. The Hall–Kier alpha value is -2.17. The number of nitrogens with one attached hydrogen (secondary N) is 1. The minimum atomic E-state index is -1.06. The van der Waals surface area contributed by atoms with Crippen LogP contribution in [-0.4, -0.2) is 18.7 Å². The Labute approximate surface area is 137 Å². The number of para-hydroxylation sites is 1. The molecule has 0 radical (unpaired) electrons. The van der Waals surface area contributed by atoms with Crippen LogP contribution in [0.1, 0.15) is 18.4 Å². The maximum Gasteiger partial charge on any atom is 0.123 e. The molecular weight excluding hydrogens is 291 g/mol. The number of nitrogens with zero attached hydrogens (tertiary/aromatic N) is 1. The first-order chi connectivity index (χ1) is 11.0. The Kier molecular flexibility index (Phi) is 5.90. The molecule has 0 spiro atoms. The summed E-state index contributed by atoms with van der Waals surface area (Å²) in [6.07, 6.45) is 2.58. The zero-order chi connectivity index (χ0) is 16.7. The molecule has 0 aliphatic rings. The highest BCUT2D eigenvalue weighted by molar-refractivity contribution is 5.43. The number of hydrogen-bond donors (Lipinski definition) is 2. The first-order valence-electron chi connectivity index (χ1n) is 7.67. The summed E-state index contributed by atoms with van der Waals surface area (Å²) < 4.78 is 13.1. The van der Waals surface area contributed by atoms with E-state index in [0.29, 0.717) is 24.9 Å². The summed E-state index contributed by atoms with van der Waals surface area (Å²) in [5, 5.41) is 12.8. The summed E-state index contributed by atoms with van der Waals surface area (Å²) in [6.45, 7) is 4.29. The smallest absolute Gasteiger partial charge is 0.123 e. The van der Waals surface area contributed by atoms with Gasteiger partial charge in [0, 0.05) is 13.6 Å². The van der Waals surface area contributed by atoms with Crippen molar-refractivity contribution in [1.82, 2.24) is 5.43 Å². The van der Waals surface area contributed by atoms with Gasteiger partial charge in [-0.1, -0.05) is 36.4 Å². The van der Waals surface area contributed by atoms with Crippen LogP contribution in [0.15, 0.2) is 67.3 Å². The Morgan fingerprint density at radius 3 is 2.43 bits per heavy atom. The van der Waals surface area contributed by atoms with Crippen LogP contribution in [0, 0.1) is 5.82 Å². The third kappa shape index (κ3) is 4.65. The van der Waals surface area contributed by atoms with Crippen LogP contribution in [-0.2, 0) is 5.60 Å². The highest BCUT2D eigenvalue weighted by Gasteiger charge is 2.27. The molecule has 2 N–H and O–H groups in total.